The van der Waals surface area contributed by atoms with Gasteiger partial charge in [-0.05, 0) is 37.0 Å². The molecule has 1 aromatic rings. The molecule has 0 aromatic heterocycles. The van der Waals surface area contributed by atoms with Crippen LogP contribution in [-0.4, -0.2) is 12.5 Å². The molecule has 17 heavy (non-hydrogen) atoms. The summed E-state index contributed by atoms with van der Waals surface area (Å²) in [4.78, 5) is 12.2. The zero-order valence-electron chi connectivity index (χ0n) is 10.1. The van der Waals surface area contributed by atoms with Gasteiger partial charge in [0.2, 0.25) is 5.91 Å². The van der Waals surface area contributed by atoms with Crippen molar-refractivity contribution in [2.45, 2.75) is 38.0 Å². The lowest BCUT2D eigenvalue weighted by molar-refractivity contribution is -0.129. The average Bonchev–Trinajstić information content (AvgIpc) is 2.25. The van der Waals surface area contributed by atoms with Gasteiger partial charge in [0.05, 0.1) is 5.41 Å². The van der Waals surface area contributed by atoms with Gasteiger partial charge in [0.25, 0.3) is 0 Å². The van der Waals surface area contributed by atoms with Crippen molar-refractivity contribution in [1.82, 2.24) is 5.32 Å². The summed E-state index contributed by atoms with van der Waals surface area (Å²) in [5.41, 5.74) is 0.342. The fourth-order valence-electron chi connectivity index (χ4n) is 2.37. The van der Waals surface area contributed by atoms with Crippen LogP contribution in [0.5, 0.6) is 0 Å². The first kappa shape index (κ1) is 12.1. The first-order valence-electron chi connectivity index (χ1n) is 6.23. The van der Waals surface area contributed by atoms with Gasteiger partial charge in [-0.3, -0.25) is 4.79 Å². The Hall–Kier alpha value is -1.38. The van der Waals surface area contributed by atoms with E-state index in [1.807, 2.05) is 13.0 Å². The third kappa shape index (κ3) is 2.19. The normalized spacial score (nSPS) is 17.3. The minimum Gasteiger partial charge on any atom is -0.355 e. The molecular weight excluding hydrogens is 217 g/mol. The van der Waals surface area contributed by atoms with Crippen LogP contribution in [0.2, 0.25) is 0 Å². The van der Waals surface area contributed by atoms with Crippen LogP contribution in [0.1, 0.15) is 38.2 Å². The number of benzene rings is 1. The SMILES string of the molecule is CCCNC(=O)C1(c2cccc(F)c2)CCC1. The van der Waals surface area contributed by atoms with Gasteiger partial charge in [-0.15, -0.1) is 0 Å². The standard InChI is InChI=1S/C14H18FNO/c1-2-9-16-13(17)14(7-4-8-14)11-5-3-6-12(15)10-11/h3,5-6,10H,2,4,7-9H2,1H3,(H,16,17). The lowest BCUT2D eigenvalue weighted by Gasteiger charge is -2.40. The van der Waals surface area contributed by atoms with Crippen LogP contribution in [0.4, 0.5) is 4.39 Å². The van der Waals surface area contributed by atoms with E-state index in [4.69, 9.17) is 0 Å². The van der Waals surface area contributed by atoms with Crippen molar-refractivity contribution < 1.29 is 9.18 Å². The summed E-state index contributed by atoms with van der Waals surface area (Å²) < 4.78 is 13.2. The first-order chi connectivity index (χ1) is 8.19. The van der Waals surface area contributed by atoms with Crippen molar-refractivity contribution in [1.29, 1.82) is 0 Å². The summed E-state index contributed by atoms with van der Waals surface area (Å²) >= 11 is 0. The molecule has 0 aliphatic heterocycles. The Morgan fingerprint density at radius 3 is 2.76 bits per heavy atom. The molecule has 0 heterocycles. The van der Waals surface area contributed by atoms with Crippen LogP contribution in [0.15, 0.2) is 24.3 Å². The summed E-state index contributed by atoms with van der Waals surface area (Å²) in [5, 5.41) is 2.93. The maximum absolute atomic E-state index is 13.2. The van der Waals surface area contributed by atoms with Crippen molar-refractivity contribution in [3.05, 3.63) is 35.6 Å². The van der Waals surface area contributed by atoms with Crippen molar-refractivity contribution in [2.24, 2.45) is 0 Å². The third-order valence-corrected chi connectivity index (χ3v) is 3.55. The number of rotatable bonds is 4. The quantitative estimate of drug-likeness (QED) is 0.854. The summed E-state index contributed by atoms with van der Waals surface area (Å²) in [7, 11) is 0. The lowest BCUT2D eigenvalue weighted by atomic mass is 9.64. The highest BCUT2D eigenvalue weighted by Gasteiger charge is 2.45. The highest BCUT2D eigenvalue weighted by Crippen LogP contribution is 2.44. The number of halogens is 1. The molecule has 1 amide bonds. The van der Waals surface area contributed by atoms with Crippen LogP contribution < -0.4 is 5.32 Å². The Balaban J connectivity index is 2.22. The van der Waals surface area contributed by atoms with Gasteiger partial charge in [0, 0.05) is 6.54 Å². The van der Waals surface area contributed by atoms with Gasteiger partial charge in [-0.1, -0.05) is 25.5 Å². The molecule has 0 radical (unpaired) electrons. The van der Waals surface area contributed by atoms with Crippen LogP contribution in [0.3, 0.4) is 0 Å². The highest BCUT2D eigenvalue weighted by molar-refractivity contribution is 5.89. The molecule has 1 aliphatic rings. The van der Waals surface area contributed by atoms with E-state index in [9.17, 15) is 9.18 Å². The maximum Gasteiger partial charge on any atom is 0.230 e. The highest BCUT2D eigenvalue weighted by atomic mass is 19.1. The maximum atomic E-state index is 13.2. The van der Waals surface area contributed by atoms with E-state index in [-0.39, 0.29) is 11.7 Å². The molecule has 0 spiro atoms. The molecule has 0 bridgehead atoms. The van der Waals surface area contributed by atoms with Crippen LogP contribution >= 0.6 is 0 Å². The van der Waals surface area contributed by atoms with E-state index < -0.39 is 5.41 Å². The summed E-state index contributed by atoms with van der Waals surface area (Å²) in [6.07, 6.45) is 3.61. The number of nitrogens with one attached hydrogen (secondary N) is 1. The number of amides is 1. The van der Waals surface area contributed by atoms with Crippen molar-refractivity contribution >= 4 is 5.91 Å². The Kier molecular flexibility index (Phi) is 3.46. The number of hydrogen-bond acceptors (Lipinski definition) is 1. The molecule has 1 saturated carbocycles. The lowest BCUT2D eigenvalue weighted by Crippen LogP contribution is -2.49. The van der Waals surface area contributed by atoms with Gasteiger partial charge in [0.1, 0.15) is 5.82 Å². The fourth-order valence-corrected chi connectivity index (χ4v) is 2.37. The fraction of sp³-hybridized carbons (Fsp3) is 0.500. The first-order valence-corrected chi connectivity index (χ1v) is 6.23. The largest absolute Gasteiger partial charge is 0.355 e. The second-order valence-corrected chi connectivity index (χ2v) is 4.70. The van der Waals surface area contributed by atoms with Crippen molar-refractivity contribution in [3.63, 3.8) is 0 Å². The van der Waals surface area contributed by atoms with Gasteiger partial charge in [-0.25, -0.2) is 4.39 Å². The molecule has 2 rings (SSSR count). The second kappa shape index (κ2) is 4.86. The molecule has 1 aromatic carbocycles. The van der Waals surface area contributed by atoms with Crippen molar-refractivity contribution in [3.8, 4) is 0 Å². The summed E-state index contributed by atoms with van der Waals surface area (Å²) in [5.74, 6) is -0.215. The molecule has 1 N–H and O–H groups in total. The van der Waals surface area contributed by atoms with E-state index in [1.54, 1.807) is 6.07 Å². The molecule has 1 aliphatic carbocycles. The van der Waals surface area contributed by atoms with Crippen LogP contribution in [0, 0.1) is 5.82 Å². The molecule has 0 atom stereocenters. The van der Waals surface area contributed by atoms with Gasteiger partial charge in [-0.2, -0.15) is 0 Å². The predicted octanol–water partition coefficient (Wildman–Crippen LogP) is 2.77. The Labute approximate surface area is 101 Å². The molecule has 92 valence electrons. The van der Waals surface area contributed by atoms with E-state index in [0.717, 1.165) is 31.2 Å². The van der Waals surface area contributed by atoms with E-state index >= 15 is 0 Å². The third-order valence-electron chi connectivity index (χ3n) is 3.55. The summed E-state index contributed by atoms with van der Waals surface area (Å²) in [6.45, 7) is 2.71. The molecule has 3 heteroatoms. The number of carbonyl (C=O) groups excluding carboxylic acids is 1. The summed E-state index contributed by atoms with van der Waals surface area (Å²) in [6, 6.07) is 6.44. The minimum atomic E-state index is -0.475. The monoisotopic (exact) mass is 235 g/mol. The molecule has 1 fully saturated rings. The zero-order valence-corrected chi connectivity index (χ0v) is 10.1. The molecule has 0 unspecified atom stereocenters. The molecule has 0 saturated heterocycles. The molecule has 2 nitrogen and oxygen atoms in total. The van der Waals surface area contributed by atoms with Crippen LogP contribution in [0.25, 0.3) is 0 Å². The predicted molar refractivity (Wildman–Crippen MR) is 65.2 cm³/mol. The minimum absolute atomic E-state index is 0.0520. The topological polar surface area (TPSA) is 29.1 Å². The van der Waals surface area contributed by atoms with E-state index in [0.29, 0.717) is 6.54 Å². The Morgan fingerprint density at radius 2 is 2.24 bits per heavy atom. The van der Waals surface area contributed by atoms with Gasteiger partial charge >= 0.3 is 0 Å². The Bertz CT molecular complexity index is 412. The molecular formula is C14H18FNO. The van der Waals surface area contributed by atoms with E-state index in [2.05, 4.69) is 5.32 Å². The van der Waals surface area contributed by atoms with Gasteiger partial charge < -0.3 is 5.32 Å². The second-order valence-electron chi connectivity index (χ2n) is 4.70. The average molecular weight is 235 g/mol. The van der Waals surface area contributed by atoms with Crippen LogP contribution in [-0.2, 0) is 10.2 Å². The number of carbonyl (C=O) groups is 1. The van der Waals surface area contributed by atoms with Crippen molar-refractivity contribution in [2.75, 3.05) is 6.54 Å². The zero-order chi connectivity index (χ0) is 12.3. The smallest absolute Gasteiger partial charge is 0.230 e. The van der Waals surface area contributed by atoms with E-state index in [1.165, 1.54) is 12.1 Å². The Morgan fingerprint density at radius 1 is 1.47 bits per heavy atom. The van der Waals surface area contributed by atoms with Gasteiger partial charge in [0.15, 0.2) is 0 Å². The number of hydrogen-bond donors (Lipinski definition) is 1.